The maximum Gasteiger partial charge on any atom is 0.346 e. The largest absolute Gasteiger partial charge is 0.477 e. The molecule has 0 bridgehead atoms. The first-order valence-corrected chi connectivity index (χ1v) is 6.47. The smallest absolute Gasteiger partial charge is 0.346 e. The van der Waals surface area contributed by atoms with Crippen molar-refractivity contribution >= 4 is 23.3 Å². The number of aromatic carboxylic acids is 2. The number of carbonyl (C=O) groups is 2. The number of unbranched alkanes of at least 4 members (excludes halogenated alkanes) is 3. The lowest BCUT2D eigenvalue weighted by Crippen LogP contribution is -1.97. The van der Waals surface area contributed by atoms with E-state index in [2.05, 4.69) is 6.92 Å². The lowest BCUT2D eigenvalue weighted by atomic mass is 10.1. The van der Waals surface area contributed by atoms with Gasteiger partial charge >= 0.3 is 11.9 Å². The van der Waals surface area contributed by atoms with Crippen LogP contribution in [-0.4, -0.2) is 22.2 Å². The standard InChI is InChI=1S/C12H16O4S/c1-2-3-4-5-6-8-7-9(11(13)14)17-10(8)12(15)16/h7H,2-6H2,1H3,(H,13,14)(H,15,16). The van der Waals surface area contributed by atoms with E-state index in [1.807, 2.05) is 0 Å². The predicted molar refractivity (Wildman–Crippen MR) is 66.1 cm³/mol. The van der Waals surface area contributed by atoms with Gasteiger partial charge in [0.15, 0.2) is 0 Å². The van der Waals surface area contributed by atoms with Gasteiger partial charge in [0, 0.05) is 0 Å². The second kappa shape index (κ2) is 6.39. The van der Waals surface area contributed by atoms with E-state index in [1.54, 1.807) is 0 Å². The summed E-state index contributed by atoms with van der Waals surface area (Å²) in [5.41, 5.74) is 0.649. The highest BCUT2D eigenvalue weighted by atomic mass is 32.1. The molecule has 0 amide bonds. The van der Waals surface area contributed by atoms with Gasteiger partial charge in [-0.05, 0) is 24.5 Å². The molecule has 0 saturated heterocycles. The molecule has 2 N–H and O–H groups in total. The van der Waals surface area contributed by atoms with Crippen LogP contribution in [0.1, 0.15) is 57.5 Å². The Balaban J connectivity index is 2.74. The van der Waals surface area contributed by atoms with Crippen molar-refractivity contribution in [1.29, 1.82) is 0 Å². The SMILES string of the molecule is CCCCCCc1cc(C(=O)O)sc1C(=O)O. The number of rotatable bonds is 7. The van der Waals surface area contributed by atoms with E-state index >= 15 is 0 Å². The van der Waals surface area contributed by atoms with Crippen LogP contribution < -0.4 is 0 Å². The summed E-state index contributed by atoms with van der Waals surface area (Å²) in [6.07, 6.45) is 4.84. The van der Waals surface area contributed by atoms with Crippen molar-refractivity contribution in [1.82, 2.24) is 0 Å². The van der Waals surface area contributed by atoms with Crippen LogP contribution in [0.2, 0.25) is 0 Å². The Labute approximate surface area is 104 Å². The number of carboxylic acid groups (broad SMARTS) is 2. The molecule has 0 aliphatic heterocycles. The second-order valence-electron chi connectivity index (χ2n) is 3.89. The zero-order valence-corrected chi connectivity index (χ0v) is 10.5. The number of carboxylic acids is 2. The normalized spacial score (nSPS) is 10.4. The quantitative estimate of drug-likeness (QED) is 0.734. The maximum atomic E-state index is 11.0. The third-order valence-electron chi connectivity index (χ3n) is 2.51. The van der Waals surface area contributed by atoms with E-state index in [-0.39, 0.29) is 9.75 Å². The van der Waals surface area contributed by atoms with Gasteiger partial charge in [-0.2, -0.15) is 0 Å². The third-order valence-corrected chi connectivity index (χ3v) is 3.67. The van der Waals surface area contributed by atoms with Gasteiger partial charge in [-0.15, -0.1) is 11.3 Å². The Morgan fingerprint density at radius 3 is 2.41 bits per heavy atom. The van der Waals surface area contributed by atoms with Gasteiger partial charge in [0.2, 0.25) is 0 Å². The van der Waals surface area contributed by atoms with Gasteiger partial charge in [-0.3, -0.25) is 0 Å². The van der Waals surface area contributed by atoms with Crippen molar-refractivity contribution in [2.45, 2.75) is 39.0 Å². The molecule has 0 spiro atoms. The molecule has 0 aromatic carbocycles. The first-order chi connectivity index (χ1) is 8.06. The van der Waals surface area contributed by atoms with Gasteiger partial charge in [0.1, 0.15) is 9.75 Å². The summed E-state index contributed by atoms with van der Waals surface area (Å²) in [6, 6.07) is 1.49. The van der Waals surface area contributed by atoms with Gasteiger partial charge in [0.05, 0.1) is 0 Å². The van der Waals surface area contributed by atoms with Crippen molar-refractivity contribution in [3.8, 4) is 0 Å². The van der Waals surface area contributed by atoms with E-state index < -0.39 is 11.9 Å². The van der Waals surface area contributed by atoms with Gasteiger partial charge in [-0.25, -0.2) is 9.59 Å². The van der Waals surface area contributed by atoms with E-state index in [0.29, 0.717) is 12.0 Å². The van der Waals surface area contributed by atoms with Gasteiger partial charge < -0.3 is 10.2 Å². The fourth-order valence-electron chi connectivity index (χ4n) is 1.64. The molecule has 17 heavy (non-hydrogen) atoms. The molecular weight excluding hydrogens is 240 g/mol. The molecule has 1 aromatic heterocycles. The van der Waals surface area contributed by atoms with Crippen LogP contribution in [0.3, 0.4) is 0 Å². The lowest BCUT2D eigenvalue weighted by Gasteiger charge is -1.99. The molecule has 94 valence electrons. The average molecular weight is 256 g/mol. The Hall–Kier alpha value is -1.36. The monoisotopic (exact) mass is 256 g/mol. The fraction of sp³-hybridized carbons (Fsp3) is 0.500. The van der Waals surface area contributed by atoms with Crippen LogP contribution in [0.5, 0.6) is 0 Å². The second-order valence-corrected chi connectivity index (χ2v) is 4.94. The Morgan fingerprint density at radius 1 is 1.18 bits per heavy atom. The molecule has 0 radical (unpaired) electrons. The van der Waals surface area contributed by atoms with Crippen molar-refractivity contribution in [3.05, 3.63) is 21.4 Å². The topological polar surface area (TPSA) is 74.6 Å². The average Bonchev–Trinajstić information content (AvgIpc) is 2.68. The molecule has 0 aliphatic rings. The van der Waals surface area contributed by atoms with Crippen LogP contribution >= 0.6 is 11.3 Å². The van der Waals surface area contributed by atoms with Crippen molar-refractivity contribution in [3.63, 3.8) is 0 Å². The van der Waals surface area contributed by atoms with Crippen LogP contribution in [0.25, 0.3) is 0 Å². The van der Waals surface area contributed by atoms with E-state index in [4.69, 9.17) is 10.2 Å². The molecule has 0 unspecified atom stereocenters. The minimum Gasteiger partial charge on any atom is -0.477 e. The highest BCUT2D eigenvalue weighted by Gasteiger charge is 2.18. The summed E-state index contributed by atoms with van der Waals surface area (Å²) in [5.74, 6) is -2.09. The molecule has 1 rings (SSSR count). The number of hydrogen-bond acceptors (Lipinski definition) is 3. The molecule has 1 heterocycles. The summed E-state index contributed by atoms with van der Waals surface area (Å²) >= 11 is 0.840. The summed E-state index contributed by atoms with van der Waals surface area (Å²) < 4.78 is 0. The van der Waals surface area contributed by atoms with Crippen molar-refractivity contribution in [2.24, 2.45) is 0 Å². The minimum absolute atomic E-state index is 0.105. The Bertz CT molecular complexity index is 409. The highest BCUT2D eigenvalue weighted by molar-refractivity contribution is 7.15. The van der Waals surface area contributed by atoms with Gasteiger partial charge in [0.25, 0.3) is 0 Å². The first-order valence-electron chi connectivity index (χ1n) is 5.65. The lowest BCUT2D eigenvalue weighted by molar-refractivity contribution is 0.0692. The first kappa shape index (κ1) is 13.7. The predicted octanol–water partition coefficient (Wildman–Crippen LogP) is 3.27. The van der Waals surface area contributed by atoms with Crippen molar-refractivity contribution in [2.75, 3.05) is 0 Å². The van der Waals surface area contributed by atoms with Crippen LogP contribution in [-0.2, 0) is 6.42 Å². The van der Waals surface area contributed by atoms with E-state index in [9.17, 15) is 9.59 Å². The summed E-state index contributed by atoms with van der Waals surface area (Å²) in [6.45, 7) is 2.11. The number of aryl methyl sites for hydroxylation is 1. The van der Waals surface area contributed by atoms with Gasteiger partial charge in [-0.1, -0.05) is 26.2 Å². The van der Waals surface area contributed by atoms with Crippen LogP contribution in [0.15, 0.2) is 6.07 Å². The summed E-state index contributed by atoms with van der Waals surface area (Å²) in [4.78, 5) is 22.0. The van der Waals surface area contributed by atoms with Crippen LogP contribution in [0.4, 0.5) is 0 Å². The van der Waals surface area contributed by atoms with E-state index in [1.165, 1.54) is 6.07 Å². The number of hydrogen-bond donors (Lipinski definition) is 2. The molecular formula is C12H16O4S. The Kier molecular flexibility index (Phi) is 5.15. The van der Waals surface area contributed by atoms with Crippen LogP contribution in [0, 0.1) is 0 Å². The maximum absolute atomic E-state index is 11.0. The number of thiophene rings is 1. The zero-order chi connectivity index (χ0) is 12.8. The minimum atomic E-state index is -1.06. The molecule has 4 nitrogen and oxygen atoms in total. The zero-order valence-electron chi connectivity index (χ0n) is 9.73. The third kappa shape index (κ3) is 3.85. The van der Waals surface area contributed by atoms with Crippen molar-refractivity contribution < 1.29 is 19.8 Å². The Morgan fingerprint density at radius 2 is 1.88 bits per heavy atom. The molecule has 0 saturated carbocycles. The summed E-state index contributed by atoms with van der Waals surface area (Å²) in [5, 5.41) is 17.8. The molecule has 0 atom stereocenters. The fourth-order valence-corrected chi connectivity index (χ4v) is 2.53. The highest BCUT2D eigenvalue weighted by Crippen LogP contribution is 2.24. The molecule has 5 heteroatoms. The molecule has 0 aliphatic carbocycles. The summed E-state index contributed by atoms with van der Waals surface area (Å²) in [7, 11) is 0. The molecule has 0 fully saturated rings. The van der Waals surface area contributed by atoms with E-state index in [0.717, 1.165) is 37.0 Å². The molecule has 1 aromatic rings.